The number of rotatable bonds is 7. The zero-order chi connectivity index (χ0) is 21.8. The molecule has 0 saturated carbocycles. The molecule has 2 aromatic carbocycles. The Labute approximate surface area is 185 Å². The van der Waals surface area contributed by atoms with E-state index in [1.807, 2.05) is 54.8 Å². The van der Waals surface area contributed by atoms with Crippen molar-refractivity contribution < 1.29 is 13.9 Å². The van der Waals surface area contributed by atoms with E-state index in [2.05, 4.69) is 5.32 Å². The van der Waals surface area contributed by atoms with Gasteiger partial charge in [0, 0.05) is 18.5 Å². The van der Waals surface area contributed by atoms with Crippen LogP contribution in [-0.4, -0.2) is 37.4 Å². The van der Waals surface area contributed by atoms with Crippen LogP contribution in [0.3, 0.4) is 0 Å². The van der Waals surface area contributed by atoms with Gasteiger partial charge in [0.2, 0.25) is 5.91 Å². The first-order valence-electron chi connectivity index (χ1n) is 10.1. The van der Waals surface area contributed by atoms with E-state index in [1.165, 1.54) is 12.1 Å². The molecule has 31 heavy (non-hydrogen) atoms. The van der Waals surface area contributed by atoms with Gasteiger partial charge in [-0.05, 0) is 48.2 Å². The Bertz CT molecular complexity index is 1050. The van der Waals surface area contributed by atoms with E-state index in [9.17, 15) is 9.18 Å². The highest BCUT2D eigenvalue weighted by Gasteiger charge is 2.55. The number of benzene rings is 2. The van der Waals surface area contributed by atoms with Crippen molar-refractivity contribution in [2.45, 2.75) is 18.4 Å². The highest BCUT2D eigenvalue weighted by molar-refractivity contribution is 7.10. The van der Waals surface area contributed by atoms with Gasteiger partial charge in [-0.3, -0.25) is 4.79 Å². The maximum Gasteiger partial charge on any atom is 0.248 e. The smallest absolute Gasteiger partial charge is 0.248 e. The minimum Gasteiger partial charge on any atom is -0.383 e. The Morgan fingerprint density at radius 1 is 1.16 bits per heavy atom. The number of methoxy groups -OCH3 is 1. The molecule has 1 N–H and O–H groups in total. The summed E-state index contributed by atoms with van der Waals surface area (Å²) in [5, 5.41) is 11.7. The molecule has 2 unspecified atom stereocenters. The molecule has 1 aromatic heterocycles. The van der Waals surface area contributed by atoms with Crippen molar-refractivity contribution in [2.75, 3.05) is 25.3 Å². The maximum atomic E-state index is 13.6. The van der Waals surface area contributed by atoms with Gasteiger partial charge in [0.1, 0.15) is 5.82 Å². The minimum atomic E-state index is -1.02. The Morgan fingerprint density at radius 3 is 2.55 bits per heavy atom. The predicted molar refractivity (Wildman–Crippen MR) is 122 cm³/mol. The summed E-state index contributed by atoms with van der Waals surface area (Å²) in [6.07, 6.45) is 0. The average Bonchev–Trinajstić information content (AvgIpc) is 3.41. The number of thiophene rings is 1. The Balaban J connectivity index is 1.86. The summed E-state index contributed by atoms with van der Waals surface area (Å²) in [6.45, 7) is 2.73. The van der Waals surface area contributed by atoms with Crippen molar-refractivity contribution in [3.05, 3.63) is 88.4 Å². The van der Waals surface area contributed by atoms with Gasteiger partial charge in [0.25, 0.3) is 0 Å². The topological polar surface area (TPSA) is 53.9 Å². The normalized spacial score (nSPS) is 20.5. The van der Waals surface area contributed by atoms with Crippen LogP contribution in [0.25, 0.3) is 0 Å². The van der Waals surface area contributed by atoms with Gasteiger partial charge in [-0.1, -0.05) is 36.4 Å². The molecular weight excluding hydrogens is 413 g/mol. The standard InChI is InChI=1S/C24H24FN3O2S/c1-24(23(29)26-14-15-30-2)21(20-9-6-16-31-20)22(17-10-12-18(25)13-11-17)27-28(24)19-7-4-3-5-8-19/h3-13,16,21H,14-15H2,1-2H3,(H,26,29). The van der Waals surface area contributed by atoms with Gasteiger partial charge >= 0.3 is 0 Å². The number of hydrazone groups is 1. The van der Waals surface area contributed by atoms with Crippen molar-refractivity contribution in [2.24, 2.45) is 5.10 Å². The number of nitrogens with zero attached hydrogens (tertiary/aromatic N) is 2. The molecule has 0 saturated heterocycles. The summed E-state index contributed by atoms with van der Waals surface area (Å²) in [7, 11) is 1.60. The van der Waals surface area contributed by atoms with Crippen LogP contribution in [0.1, 0.15) is 23.3 Å². The highest BCUT2D eigenvalue weighted by atomic mass is 32.1. The number of anilines is 1. The lowest BCUT2D eigenvalue weighted by Crippen LogP contribution is -2.57. The number of carbonyl (C=O) groups is 1. The van der Waals surface area contributed by atoms with Crippen molar-refractivity contribution in [1.82, 2.24) is 5.32 Å². The molecule has 1 amide bonds. The lowest BCUT2D eigenvalue weighted by Gasteiger charge is -2.37. The number of hydrogen-bond acceptors (Lipinski definition) is 5. The van der Waals surface area contributed by atoms with E-state index >= 15 is 0 Å². The van der Waals surface area contributed by atoms with E-state index in [-0.39, 0.29) is 17.6 Å². The highest BCUT2D eigenvalue weighted by Crippen LogP contribution is 2.46. The van der Waals surface area contributed by atoms with Crippen molar-refractivity contribution in [3.8, 4) is 0 Å². The predicted octanol–water partition coefficient (Wildman–Crippen LogP) is 4.42. The summed E-state index contributed by atoms with van der Waals surface area (Å²) in [5.74, 6) is -0.789. The molecule has 1 aliphatic heterocycles. The molecule has 7 heteroatoms. The van der Waals surface area contributed by atoms with Gasteiger partial charge in [0.15, 0.2) is 5.54 Å². The van der Waals surface area contributed by atoms with E-state index in [1.54, 1.807) is 35.6 Å². The molecule has 2 atom stereocenters. The van der Waals surface area contributed by atoms with Crippen LogP contribution < -0.4 is 10.3 Å². The minimum absolute atomic E-state index is 0.146. The van der Waals surface area contributed by atoms with Gasteiger partial charge in [-0.25, -0.2) is 9.40 Å². The van der Waals surface area contributed by atoms with Gasteiger partial charge in [0.05, 0.1) is 23.9 Å². The third kappa shape index (κ3) is 3.98. The van der Waals surface area contributed by atoms with Gasteiger partial charge < -0.3 is 10.1 Å². The molecule has 4 rings (SSSR count). The average molecular weight is 438 g/mol. The summed E-state index contributed by atoms with van der Waals surface area (Å²) in [4.78, 5) is 14.6. The molecule has 2 heterocycles. The second kappa shape index (κ2) is 8.99. The molecule has 0 fully saturated rings. The Hall–Kier alpha value is -3.03. The lowest BCUT2D eigenvalue weighted by atomic mass is 9.78. The second-order valence-corrected chi connectivity index (χ2v) is 8.46. The van der Waals surface area contributed by atoms with Crippen LogP contribution in [0.2, 0.25) is 0 Å². The number of halogens is 1. The summed E-state index contributed by atoms with van der Waals surface area (Å²) in [6, 6.07) is 19.9. The fraction of sp³-hybridized carbons (Fsp3) is 0.250. The zero-order valence-electron chi connectivity index (χ0n) is 17.4. The Morgan fingerprint density at radius 2 is 1.90 bits per heavy atom. The van der Waals surface area contributed by atoms with Crippen LogP contribution in [0, 0.1) is 5.82 Å². The number of hydrogen-bond donors (Lipinski definition) is 1. The number of carbonyl (C=O) groups excluding carboxylic acids is 1. The molecule has 0 radical (unpaired) electrons. The van der Waals surface area contributed by atoms with Crippen LogP contribution in [-0.2, 0) is 9.53 Å². The summed E-state index contributed by atoms with van der Waals surface area (Å²) in [5.41, 5.74) is 1.30. The first kappa shape index (κ1) is 21.2. The Kier molecular flexibility index (Phi) is 6.15. The van der Waals surface area contributed by atoms with E-state index in [0.717, 1.165) is 21.8 Å². The van der Waals surface area contributed by atoms with Crippen LogP contribution in [0.15, 0.2) is 77.2 Å². The molecule has 1 aliphatic rings. The van der Waals surface area contributed by atoms with Crippen LogP contribution >= 0.6 is 11.3 Å². The van der Waals surface area contributed by atoms with Crippen LogP contribution in [0.5, 0.6) is 0 Å². The molecular formula is C24H24FN3O2S. The maximum absolute atomic E-state index is 13.6. The van der Waals surface area contributed by atoms with E-state index in [4.69, 9.17) is 9.84 Å². The van der Waals surface area contributed by atoms with Crippen molar-refractivity contribution in [3.63, 3.8) is 0 Å². The van der Waals surface area contributed by atoms with Gasteiger partial charge in [-0.15, -0.1) is 11.3 Å². The first-order chi connectivity index (χ1) is 15.1. The number of amides is 1. The van der Waals surface area contributed by atoms with E-state index < -0.39 is 5.54 Å². The number of nitrogens with one attached hydrogen (secondary N) is 1. The van der Waals surface area contributed by atoms with E-state index in [0.29, 0.717) is 13.2 Å². The molecule has 0 spiro atoms. The second-order valence-electron chi connectivity index (χ2n) is 7.48. The monoisotopic (exact) mass is 437 g/mol. The summed E-state index contributed by atoms with van der Waals surface area (Å²) < 4.78 is 18.7. The molecule has 3 aromatic rings. The van der Waals surface area contributed by atoms with Crippen LogP contribution in [0.4, 0.5) is 10.1 Å². The SMILES string of the molecule is COCCNC(=O)C1(C)C(c2cccs2)C(c2ccc(F)cc2)=NN1c1ccccc1. The molecule has 0 bridgehead atoms. The zero-order valence-corrected chi connectivity index (χ0v) is 18.2. The van der Waals surface area contributed by atoms with Crippen molar-refractivity contribution >= 4 is 28.6 Å². The largest absolute Gasteiger partial charge is 0.383 e. The first-order valence-corrected chi connectivity index (χ1v) is 10.9. The third-order valence-corrected chi connectivity index (χ3v) is 6.44. The molecule has 5 nitrogen and oxygen atoms in total. The summed E-state index contributed by atoms with van der Waals surface area (Å²) >= 11 is 1.58. The molecule has 0 aliphatic carbocycles. The van der Waals surface area contributed by atoms with Gasteiger partial charge in [-0.2, -0.15) is 5.10 Å². The lowest BCUT2D eigenvalue weighted by molar-refractivity contribution is -0.126. The number of para-hydroxylation sites is 1. The molecule has 160 valence electrons. The quantitative estimate of drug-likeness (QED) is 0.557. The number of ether oxygens (including phenoxy) is 1. The fourth-order valence-corrected chi connectivity index (χ4v) is 4.89. The third-order valence-electron chi connectivity index (χ3n) is 5.50. The van der Waals surface area contributed by atoms with Crippen molar-refractivity contribution in [1.29, 1.82) is 0 Å². The fourth-order valence-electron chi connectivity index (χ4n) is 3.94.